The summed E-state index contributed by atoms with van der Waals surface area (Å²) in [5.41, 5.74) is 2.42. The number of ether oxygens (including phenoxy) is 1. The molecule has 0 atom stereocenters. The minimum atomic E-state index is 0.699. The molecule has 1 heterocycles. The Kier molecular flexibility index (Phi) is 7.63. The minimum absolute atomic E-state index is 0.699. The van der Waals surface area contributed by atoms with E-state index in [-0.39, 0.29) is 0 Å². The first-order valence-electron chi connectivity index (χ1n) is 8.22. The first kappa shape index (κ1) is 17.2. The third-order valence-corrected chi connectivity index (χ3v) is 4.04. The molecule has 5 heteroatoms. The third kappa shape index (κ3) is 6.30. The molecule has 0 saturated carbocycles. The second-order valence-corrected chi connectivity index (χ2v) is 6.04. The Morgan fingerprint density at radius 1 is 1.23 bits per heavy atom. The summed E-state index contributed by atoms with van der Waals surface area (Å²) >= 11 is 5.33. The maximum absolute atomic E-state index is 5.35. The van der Waals surface area contributed by atoms with Gasteiger partial charge in [-0.25, -0.2) is 0 Å². The summed E-state index contributed by atoms with van der Waals surface area (Å²) < 4.78 is 5.35. The van der Waals surface area contributed by atoms with Crippen molar-refractivity contribution < 1.29 is 4.74 Å². The fraction of sp³-hybridized carbons (Fsp3) is 0.588. The van der Waals surface area contributed by atoms with Gasteiger partial charge in [-0.15, -0.1) is 0 Å². The van der Waals surface area contributed by atoms with Crippen LogP contribution in [0.15, 0.2) is 24.3 Å². The van der Waals surface area contributed by atoms with Crippen LogP contribution in [0, 0.1) is 0 Å². The molecule has 2 N–H and O–H groups in total. The van der Waals surface area contributed by atoms with Crippen molar-refractivity contribution in [2.45, 2.75) is 26.2 Å². The van der Waals surface area contributed by atoms with E-state index in [1.807, 2.05) is 0 Å². The molecule has 1 saturated heterocycles. The molecule has 1 aromatic rings. The number of morpholine rings is 1. The third-order valence-electron chi connectivity index (χ3n) is 3.79. The number of benzene rings is 1. The molecule has 0 amide bonds. The van der Waals surface area contributed by atoms with Gasteiger partial charge >= 0.3 is 0 Å². The summed E-state index contributed by atoms with van der Waals surface area (Å²) in [4.78, 5) is 2.44. The number of nitrogens with zero attached hydrogens (tertiary/aromatic N) is 1. The highest BCUT2D eigenvalue weighted by Gasteiger charge is 2.09. The Balaban J connectivity index is 1.60. The molecule has 4 nitrogen and oxygen atoms in total. The smallest absolute Gasteiger partial charge is 0.170 e. The van der Waals surface area contributed by atoms with E-state index in [9.17, 15) is 0 Å². The fourth-order valence-electron chi connectivity index (χ4n) is 2.55. The van der Waals surface area contributed by atoms with Gasteiger partial charge in [-0.3, -0.25) is 4.90 Å². The van der Waals surface area contributed by atoms with Gasteiger partial charge in [0.2, 0.25) is 0 Å². The number of anilines is 1. The Labute approximate surface area is 139 Å². The largest absolute Gasteiger partial charge is 0.379 e. The molecule has 0 spiro atoms. The number of hydrogen-bond acceptors (Lipinski definition) is 3. The summed E-state index contributed by atoms with van der Waals surface area (Å²) in [6.45, 7) is 8.02. The molecule has 1 fully saturated rings. The highest BCUT2D eigenvalue weighted by Crippen LogP contribution is 2.10. The van der Waals surface area contributed by atoms with Crippen molar-refractivity contribution in [3.8, 4) is 0 Å². The van der Waals surface area contributed by atoms with Crippen LogP contribution in [0.1, 0.15) is 25.3 Å². The highest BCUT2D eigenvalue weighted by atomic mass is 32.1. The van der Waals surface area contributed by atoms with E-state index in [1.165, 1.54) is 12.0 Å². The normalized spacial score (nSPS) is 15.5. The molecule has 122 valence electrons. The van der Waals surface area contributed by atoms with Gasteiger partial charge in [-0.2, -0.15) is 0 Å². The summed E-state index contributed by atoms with van der Waals surface area (Å²) in [7, 11) is 0. The van der Waals surface area contributed by atoms with Crippen LogP contribution in [0.2, 0.25) is 0 Å². The second kappa shape index (κ2) is 9.77. The van der Waals surface area contributed by atoms with Gasteiger partial charge in [0.1, 0.15) is 0 Å². The molecule has 0 aliphatic carbocycles. The SMILES string of the molecule is CCCc1ccc(NC(=S)NCCCN2CCOCC2)cc1. The van der Waals surface area contributed by atoms with Crippen LogP contribution in [-0.2, 0) is 11.2 Å². The molecule has 1 aliphatic rings. The van der Waals surface area contributed by atoms with Gasteiger partial charge in [0.15, 0.2) is 5.11 Å². The van der Waals surface area contributed by atoms with E-state index in [1.54, 1.807) is 0 Å². The van der Waals surface area contributed by atoms with Crippen molar-refractivity contribution >= 4 is 23.0 Å². The maximum Gasteiger partial charge on any atom is 0.170 e. The van der Waals surface area contributed by atoms with Crippen LogP contribution in [-0.4, -0.2) is 49.4 Å². The molecule has 0 bridgehead atoms. The van der Waals surface area contributed by atoms with Crippen molar-refractivity contribution in [3.63, 3.8) is 0 Å². The Morgan fingerprint density at radius 3 is 2.64 bits per heavy atom. The Bertz CT molecular complexity index is 444. The lowest BCUT2D eigenvalue weighted by Gasteiger charge is -2.26. The van der Waals surface area contributed by atoms with E-state index < -0.39 is 0 Å². The van der Waals surface area contributed by atoms with Crippen LogP contribution in [0.5, 0.6) is 0 Å². The van der Waals surface area contributed by atoms with Gasteiger partial charge in [-0.05, 0) is 49.3 Å². The second-order valence-electron chi connectivity index (χ2n) is 5.64. The number of thiocarbonyl (C=S) groups is 1. The highest BCUT2D eigenvalue weighted by molar-refractivity contribution is 7.80. The molecule has 1 aromatic carbocycles. The Morgan fingerprint density at radius 2 is 1.95 bits per heavy atom. The van der Waals surface area contributed by atoms with Crippen molar-refractivity contribution in [1.82, 2.24) is 10.2 Å². The monoisotopic (exact) mass is 321 g/mol. The van der Waals surface area contributed by atoms with Crippen LogP contribution in [0.3, 0.4) is 0 Å². The molecule has 1 aliphatic heterocycles. The lowest BCUT2D eigenvalue weighted by Crippen LogP contribution is -2.38. The van der Waals surface area contributed by atoms with Gasteiger partial charge in [0.25, 0.3) is 0 Å². The van der Waals surface area contributed by atoms with Crippen LogP contribution in [0.4, 0.5) is 5.69 Å². The lowest BCUT2D eigenvalue weighted by molar-refractivity contribution is 0.0376. The number of nitrogens with one attached hydrogen (secondary N) is 2. The predicted octanol–water partition coefficient (Wildman–Crippen LogP) is 2.65. The lowest BCUT2D eigenvalue weighted by atomic mass is 10.1. The molecule has 22 heavy (non-hydrogen) atoms. The van der Waals surface area contributed by atoms with Gasteiger partial charge in [0, 0.05) is 25.3 Å². The first-order chi connectivity index (χ1) is 10.8. The van der Waals surface area contributed by atoms with Gasteiger partial charge in [-0.1, -0.05) is 25.5 Å². The molecule has 0 unspecified atom stereocenters. The molecule has 0 radical (unpaired) electrons. The zero-order valence-electron chi connectivity index (χ0n) is 13.4. The van der Waals surface area contributed by atoms with Gasteiger partial charge < -0.3 is 15.4 Å². The molecular formula is C17H27N3OS. The summed E-state index contributed by atoms with van der Waals surface area (Å²) in [6, 6.07) is 8.50. The minimum Gasteiger partial charge on any atom is -0.379 e. The van der Waals surface area contributed by atoms with Crippen molar-refractivity contribution in [3.05, 3.63) is 29.8 Å². The van der Waals surface area contributed by atoms with Crippen LogP contribution in [0.25, 0.3) is 0 Å². The van der Waals surface area contributed by atoms with Gasteiger partial charge in [0.05, 0.1) is 13.2 Å². The molecule has 0 aromatic heterocycles. The molecular weight excluding hydrogens is 294 g/mol. The standard InChI is InChI=1S/C17H27N3OS/c1-2-4-15-5-7-16(8-6-15)19-17(22)18-9-3-10-20-11-13-21-14-12-20/h5-8H,2-4,9-14H2,1H3,(H2,18,19,22). The van der Waals surface area contributed by atoms with Crippen molar-refractivity contribution in [2.24, 2.45) is 0 Å². The predicted molar refractivity (Wildman–Crippen MR) is 96.5 cm³/mol. The summed E-state index contributed by atoms with van der Waals surface area (Å²) in [6.07, 6.45) is 3.40. The van der Waals surface area contributed by atoms with Crippen LogP contribution < -0.4 is 10.6 Å². The topological polar surface area (TPSA) is 36.5 Å². The van der Waals surface area contributed by atoms with Crippen molar-refractivity contribution in [1.29, 1.82) is 0 Å². The fourth-order valence-corrected chi connectivity index (χ4v) is 2.77. The number of aryl methyl sites for hydroxylation is 1. The van der Waals surface area contributed by atoms with Crippen molar-refractivity contribution in [2.75, 3.05) is 44.7 Å². The molecule has 2 rings (SSSR count). The van der Waals surface area contributed by atoms with E-state index in [2.05, 4.69) is 46.7 Å². The first-order valence-corrected chi connectivity index (χ1v) is 8.62. The summed E-state index contributed by atoms with van der Waals surface area (Å²) in [5.74, 6) is 0. The van der Waals surface area contributed by atoms with E-state index in [4.69, 9.17) is 17.0 Å². The zero-order chi connectivity index (χ0) is 15.6. The average molecular weight is 321 g/mol. The quantitative estimate of drug-likeness (QED) is 0.596. The van der Waals surface area contributed by atoms with E-state index in [0.29, 0.717) is 5.11 Å². The number of hydrogen-bond donors (Lipinski definition) is 2. The van der Waals surface area contributed by atoms with E-state index >= 15 is 0 Å². The maximum atomic E-state index is 5.35. The Hall–Kier alpha value is -1.17. The van der Waals surface area contributed by atoms with Crippen LogP contribution >= 0.6 is 12.2 Å². The zero-order valence-corrected chi connectivity index (χ0v) is 14.3. The average Bonchev–Trinajstić information content (AvgIpc) is 2.55. The summed E-state index contributed by atoms with van der Waals surface area (Å²) in [5, 5.41) is 7.21. The number of rotatable bonds is 7. The van der Waals surface area contributed by atoms with E-state index in [0.717, 1.165) is 57.9 Å².